The quantitative estimate of drug-likeness (QED) is 0.430. The van der Waals surface area contributed by atoms with Crippen LogP contribution in [0, 0.1) is 13.8 Å². The third kappa shape index (κ3) is 5.45. The van der Waals surface area contributed by atoms with Gasteiger partial charge in [-0.2, -0.15) is 5.10 Å². The molecule has 9 heteroatoms. The average Bonchev–Trinajstić information content (AvgIpc) is 3.47. The smallest absolute Gasteiger partial charge is 0.251 e. The maximum Gasteiger partial charge on any atom is 0.251 e. The zero-order valence-electron chi connectivity index (χ0n) is 18.2. The number of anilines is 1. The van der Waals surface area contributed by atoms with E-state index in [2.05, 4.69) is 20.9 Å². The minimum atomic E-state index is -0.373. The molecule has 2 aromatic heterocycles. The summed E-state index contributed by atoms with van der Waals surface area (Å²) in [7, 11) is 0. The largest absolute Gasteiger partial charge is 0.489 e. The summed E-state index contributed by atoms with van der Waals surface area (Å²) in [6.45, 7) is 3.79. The van der Waals surface area contributed by atoms with Gasteiger partial charge >= 0.3 is 0 Å². The van der Waals surface area contributed by atoms with Crippen molar-refractivity contribution in [3.05, 3.63) is 89.6 Å². The molecule has 0 aliphatic carbocycles. The van der Waals surface area contributed by atoms with Crippen LogP contribution < -0.4 is 15.4 Å². The summed E-state index contributed by atoms with van der Waals surface area (Å²) >= 11 is 0. The molecule has 0 atom stereocenters. The van der Waals surface area contributed by atoms with Crippen LogP contribution in [0.2, 0.25) is 0 Å². The molecular weight excluding hydrogens is 422 g/mol. The summed E-state index contributed by atoms with van der Waals surface area (Å²) < 4.78 is 12.6. The fourth-order valence-corrected chi connectivity index (χ4v) is 3.18. The van der Waals surface area contributed by atoms with Crippen molar-refractivity contribution in [3.8, 4) is 11.4 Å². The number of ether oxygens (including phenoxy) is 1. The fraction of sp³-hybridized carbons (Fsp3) is 0.167. The molecule has 0 aliphatic rings. The second kappa shape index (κ2) is 9.82. The number of amides is 2. The van der Waals surface area contributed by atoms with Gasteiger partial charge in [-0.3, -0.25) is 9.59 Å². The van der Waals surface area contributed by atoms with Gasteiger partial charge in [-0.05, 0) is 62.4 Å². The molecule has 2 amide bonds. The fourth-order valence-electron chi connectivity index (χ4n) is 3.18. The zero-order valence-corrected chi connectivity index (χ0v) is 18.2. The Labute approximate surface area is 190 Å². The molecule has 0 saturated heterocycles. The van der Waals surface area contributed by atoms with Gasteiger partial charge in [0.25, 0.3) is 5.91 Å². The van der Waals surface area contributed by atoms with Crippen LogP contribution in [0.4, 0.5) is 5.69 Å². The highest BCUT2D eigenvalue weighted by Crippen LogP contribution is 2.18. The number of aromatic nitrogens is 3. The first-order valence-corrected chi connectivity index (χ1v) is 10.3. The SMILES string of the molecule is Cc1noc(C)c1COc1cccc(C(=O)NCC(=O)Nc2ccc(-n3cccn3)cc2)c1. The van der Waals surface area contributed by atoms with Gasteiger partial charge in [0, 0.05) is 23.6 Å². The molecule has 2 aromatic carbocycles. The van der Waals surface area contributed by atoms with Crippen LogP contribution in [0.5, 0.6) is 5.75 Å². The summed E-state index contributed by atoms with van der Waals surface area (Å²) in [5.41, 5.74) is 3.54. The van der Waals surface area contributed by atoms with Crippen LogP contribution in [0.3, 0.4) is 0 Å². The van der Waals surface area contributed by atoms with Crippen molar-refractivity contribution in [1.29, 1.82) is 0 Å². The number of hydrogen-bond donors (Lipinski definition) is 2. The number of carbonyl (C=O) groups excluding carboxylic acids is 2. The standard InChI is InChI=1S/C24H23N5O4/c1-16-22(17(2)33-28-16)15-32-21-6-3-5-18(13-21)24(31)25-14-23(30)27-19-7-9-20(10-8-19)29-12-4-11-26-29/h3-13H,14-15H2,1-2H3,(H,25,31)(H,27,30). The van der Waals surface area contributed by atoms with Crippen molar-refractivity contribution in [1.82, 2.24) is 20.3 Å². The molecule has 2 N–H and O–H groups in total. The van der Waals surface area contributed by atoms with E-state index in [0.717, 1.165) is 16.9 Å². The lowest BCUT2D eigenvalue weighted by Crippen LogP contribution is -2.32. The Kier molecular flexibility index (Phi) is 6.49. The molecule has 0 fully saturated rings. The second-order valence-corrected chi connectivity index (χ2v) is 7.35. The summed E-state index contributed by atoms with van der Waals surface area (Å²) in [6.07, 6.45) is 3.53. The van der Waals surface area contributed by atoms with E-state index in [0.29, 0.717) is 22.8 Å². The van der Waals surface area contributed by atoms with E-state index in [4.69, 9.17) is 9.26 Å². The first-order chi connectivity index (χ1) is 16.0. The molecule has 0 radical (unpaired) electrons. The van der Waals surface area contributed by atoms with Crippen molar-refractivity contribution in [2.24, 2.45) is 0 Å². The number of hydrogen-bond acceptors (Lipinski definition) is 6. The van der Waals surface area contributed by atoms with Gasteiger partial charge in [-0.25, -0.2) is 4.68 Å². The van der Waals surface area contributed by atoms with Crippen molar-refractivity contribution < 1.29 is 18.8 Å². The summed E-state index contributed by atoms with van der Waals surface area (Å²) in [4.78, 5) is 24.7. The number of rotatable bonds is 8. The Balaban J connectivity index is 1.28. The van der Waals surface area contributed by atoms with Crippen molar-refractivity contribution in [2.75, 3.05) is 11.9 Å². The minimum absolute atomic E-state index is 0.163. The molecule has 4 aromatic rings. The topological polar surface area (TPSA) is 111 Å². The summed E-state index contributed by atoms with van der Waals surface area (Å²) in [5, 5.41) is 13.4. The zero-order chi connectivity index (χ0) is 23.2. The highest BCUT2D eigenvalue weighted by molar-refractivity contribution is 5.99. The average molecular weight is 445 g/mol. The lowest BCUT2D eigenvalue weighted by atomic mass is 10.2. The third-order valence-corrected chi connectivity index (χ3v) is 4.99. The Bertz CT molecular complexity index is 1230. The van der Waals surface area contributed by atoms with Gasteiger partial charge in [-0.1, -0.05) is 11.2 Å². The molecular formula is C24H23N5O4. The molecule has 9 nitrogen and oxygen atoms in total. The maximum atomic E-state index is 12.5. The second-order valence-electron chi connectivity index (χ2n) is 7.35. The van der Waals surface area contributed by atoms with Gasteiger partial charge in [-0.15, -0.1) is 0 Å². The van der Waals surface area contributed by atoms with Crippen LogP contribution in [0.25, 0.3) is 5.69 Å². The van der Waals surface area contributed by atoms with E-state index in [-0.39, 0.29) is 25.0 Å². The van der Waals surface area contributed by atoms with E-state index >= 15 is 0 Å². The van der Waals surface area contributed by atoms with Crippen LogP contribution in [0.15, 0.2) is 71.5 Å². The monoisotopic (exact) mass is 445 g/mol. The Morgan fingerprint density at radius 1 is 1.09 bits per heavy atom. The van der Waals surface area contributed by atoms with Crippen LogP contribution in [-0.4, -0.2) is 33.3 Å². The van der Waals surface area contributed by atoms with E-state index in [1.165, 1.54) is 0 Å². The third-order valence-electron chi connectivity index (χ3n) is 4.99. The van der Waals surface area contributed by atoms with Gasteiger partial charge in [0.1, 0.15) is 18.1 Å². The van der Waals surface area contributed by atoms with Gasteiger partial charge < -0.3 is 19.9 Å². The number of benzene rings is 2. The Morgan fingerprint density at radius 3 is 2.61 bits per heavy atom. The lowest BCUT2D eigenvalue weighted by molar-refractivity contribution is -0.115. The number of aryl methyl sites for hydroxylation is 2. The predicted octanol–water partition coefficient (Wildman–Crippen LogP) is 3.42. The van der Waals surface area contributed by atoms with Gasteiger partial charge in [0.05, 0.1) is 23.5 Å². The van der Waals surface area contributed by atoms with E-state index in [1.54, 1.807) is 47.3 Å². The molecule has 0 aliphatic heterocycles. The van der Waals surface area contributed by atoms with E-state index in [9.17, 15) is 9.59 Å². The summed E-state index contributed by atoms with van der Waals surface area (Å²) in [6, 6.07) is 15.8. The maximum absolute atomic E-state index is 12.5. The van der Waals surface area contributed by atoms with Crippen LogP contribution >= 0.6 is 0 Å². The number of carbonyl (C=O) groups is 2. The first kappa shape index (κ1) is 21.8. The Hall–Kier alpha value is -4.40. The molecule has 0 saturated carbocycles. The molecule has 33 heavy (non-hydrogen) atoms. The van der Waals surface area contributed by atoms with Gasteiger partial charge in [0.15, 0.2) is 0 Å². The van der Waals surface area contributed by atoms with Crippen LogP contribution in [0.1, 0.15) is 27.4 Å². The first-order valence-electron chi connectivity index (χ1n) is 10.3. The van der Waals surface area contributed by atoms with Crippen molar-refractivity contribution in [2.45, 2.75) is 20.5 Å². The number of nitrogens with zero attached hydrogens (tertiary/aromatic N) is 3. The Morgan fingerprint density at radius 2 is 1.91 bits per heavy atom. The highest BCUT2D eigenvalue weighted by Gasteiger charge is 2.12. The molecule has 0 spiro atoms. The molecule has 0 bridgehead atoms. The summed E-state index contributed by atoms with van der Waals surface area (Å²) in [5.74, 6) is 0.524. The van der Waals surface area contributed by atoms with Crippen molar-refractivity contribution >= 4 is 17.5 Å². The van der Waals surface area contributed by atoms with Gasteiger partial charge in [0.2, 0.25) is 5.91 Å². The van der Waals surface area contributed by atoms with E-state index < -0.39 is 0 Å². The number of nitrogens with one attached hydrogen (secondary N) is 2. The highest BCUT2D eigenvalue weighted by atomic mass is 16.5. The predicted molar refractivity (Wildman–Crippen MR) is 121 cm³/mol. The minimum Gasteiger partial charge on any atom is -0.489 e. The molecule has 4 rings (SSSR count). The molecule has 0 unspecified atom stereocenters. The van der Waals surface area contributed by atoms with Crippen molar-refractivity contribution in [3.63, 3.8) is 0 Å². The van der Waals surface area contributed by atoms with E-state index in [1.807, 2.05) is 38.2 Å². The lowest BCUT2D eigenvalue weighted by Gasteiger charge is -2.10. The molecule has 168 valence electrons. The molecule has 2 heterocycles. The normalized spacial score (nSPS) is 10.6. The van der Waals surface area contributed by atoms with Crippen LogP contribution in [-0.2, 0) is 11.4 Å².